The molecule has 4 aliphatic heterocycles. The highest BCUT2D eigenvalue weighted by Crippen LogP contribution is 2.30. The van der Waals surface area contributed by atoms with Crippen molar-refractivity contribution < 1.29 is 38.1 Å². The minimum Gasteiger partial charge on any atom is -0.388 e. The highest BCUT2D eigenvalue weighted by atomic mass is 19.2. The van der Waals surface area contributed by atoms with E-state index in [1.807, 2.05) is 4.90 Å². The van der Waals surface area contributed by atoms with Crippen LogP contribution in [0.5, 0.6) is 0 Å². The summed E-state index contributed by atoms with van der Waals surface area (Å²) < 4.78 is 33.4. The largest absolute Gasteiger partial charge is 0.388 e. The van der Waals surface area contributed by atoms with Gasteiger partial charge < -0.3 is 30.5 Å². The molecular formula is C31H43F2N5O6. The number of ether oxygens (including phenoxy) is 1. The Kier molecular flexibility index (Phi) is 9.48. The van der Waals surface area contributed by atoms with Gasteiger partial charge in [0.05, 0.1) is 18.6 Å². The molecule has 1 aromatic rings. The average Bonchev–Trinajstić information content (AvgIpc) is 3.52. The Morgan fingerprint density at radius 1 is 0.909 bits per heavy atom. The number of halogens is 2. The zero-order chi connectivity index (χ0) is 31.0. The van der Waals surface area contributed by atoms with E-state index in [0.717, 1.165) is 31.5 Å². The second kappa shape index (κ2) is 13.3. The average molecular weight is 620 g/mol. The van der Waals surface area contributed by atoms with Gasteiger partial charge in [-0.15, -0.1) is 0 Å². The van der Waals surface area contributed by atoms with Crippen LogP contribution in [0.15, 0.2) is 18.2 Å². The Labute approximate surface area is 255 Å². The number of nitrogens with one attached hydrogen (secondary N) is 2. The van der Waals surface area contributed by atoms with Gasteiger partial charge in [0.2, 0.25) is 17.7 Å². The van der Waals surface area contributed by atoms with Crippen molar-refractivity contribution in [1.29, 1.82) is 0 Å². The number of nitrogens with zero attached hydrogens (tertiary/aromatic N) is 3. The Morgan fingerprint density at radius 3 is 2.45 bits per heavy atom. The fraction of sp³-hybridized carbons (Fsp3) is 0.710. The molecule has 242 valence electrons. The number of benzene rings is 1. The minimum absolute atomic E-state index is 0.0795. The molecule has 5 fully saturated rings. The number of likely N-dealkylation sites (tertiary alicyclic amines) is 1. The third-order valence-electron chi connectivity index (χ3n) is 10.1. The topological polar surface area (TPSA) is 135 Å². The first-order chi connectivity index (χ1) is 21.2. The molecule has 13 heteroatoms. The molecule has 0 unspecified atom stereocenters. The molecule has 6 bridgehead atoms. The summed E-state index contributed by atoms with van der Waals surface area (Å²) >= 11 is 0. The Morgan fingerprint density at radius 2 is 1.68 bits per heavy atom. The molecule has 1 aromatic carbocycles. The van der Waals surface area contributed by atoms with Gasteiger partial charge in [0, 0.05) is 51.9 Å². The van der Waals surface area contributed by atoms with Crippen LogP contribution >= 0.6 is 0 Å². The van der Waals surface area contributed by atoms with Crippen molar-refractivity contribution in [2.24, 2.45) is 5.92 Å². The Bertz CT molecular complexity index is 1230. The lowest BCUT2D eigenvalue weighted by molar-refractivity contribution is -0.142. The van der Waals surface area contributed by atoms with Crippen LogP contribution in [0.4, 0.5) is 8.78 Å². The SMILES string of the molecule is O=C1C[C@@H]2O[C@H](CNC(=O)[C@@H]3CN(CCN3Cc3ccc(F)c(F)c3)C(=O)[C@@H]3C[C@@H](CN3CC3CCCCC3)N1)[C@@H](O)[C@H]2O. The number of fused-ring (bicyclic) bond motifs is 6. The number of aliphatic hydroxyl groups is 2. The summed E-state index contributed by atoms with van der Waals surface area (Å²) in [6.07, 6.45) is 1.60. The third-order valence-corrected chi connectivity index (χ3v) is 10.1. The second-order valence-electron chi connectivity index (χ2n) is 13.1. The zero-order valence-corrected chi connectivity index (χ0v) is 24.9. The molecular weight excluding hydrogens is 576 g/mol. The van der Waals surface area contributed by atoms with Gasteiger partial charge in [-0.25, -0.2) is 8.78 Å². The summed E-state index contributed by atoms with van der Waals surface area (Å²) in [5.41, 5.74) is 0.497. The number of carbonyl (C=O) groups excluding carboxylic acids is 3. The van der Waals surface area contributed by atoms with E-state index >= 15 is 0 Å². The fourth-order valence-corrected chi connectivity index (χ4v) is 7.66. The number of piperazine rings is 1. The van der Waals surface area contributed by atoms with Crippen LogP contribution in [-0.4, -0.2) is 124 Å². The third kappa shape index (κ3) is 6.76. The number of amides is 3. The Hall–Kier alpha value is -2.71. The maximum atomic E-state index is 14.1. The van der Waals surface area contributed by atoms with E-state index < -0.39 is 54.0 Å². The highest BCUT2D eigenvalue weighted by molar-refractivity contribution is 5.86. The molecule has 0 radical (unpaired) electrons. The van der Waals surface area contributed by atoms with Crippen molar-refractivity contribution >= 4 is 17.7 Å². The molecule has 1 saturated carbocycles. The molecule has 5 aliphatic rings. The molecule has 44 heavy (non-hydrogen) atoms. The zero-order valence-electron chi connectivity index (χ0n) is 24.9. The van der Waals surface area contributed by atoms with E-state index in [0.29, 0.717) is 37.5 Å². The van der Waals surface area contributed by atoms with Crippen LogP contribution < -0.4 is 10.6 Å². The molecule has 4 heterocycles. The molecule has 6 rings (SSSR count). The molecule has 7 atom stereocenters. The maximum Gasteiger partial charge on any atom is 0.240 e. The standard InChI is InChI=1S/C31H43F2N5O6/c32-21-7-6-19(10-22(21)33)15-36-8-9-37-17-24(36)30(42)34-13-26-29(41)28(40)25(44-26)12-27(39)35-20-11-23(31(37)43)38(16-20)14-18-4-2-1-3-5-18/h6-7,10,18,20,23-26,28-29,40-41H,1-5,8-9,11-17H2,(H,34,42)(H,35,39)/t20-,23-,24-,25-,26+,28-,29+/m0/s1. The van der Waals surface area contributed by atoms with E-state index in [-0.39, 0.29) is 43.9 Å². The molecule has 3 amide bonds. The maximum absolute atomic E-state index is 14.1. The van der Waals surface area contributed by atoms with Gasteiger partial charge in [-0.3, -0.25) is 24.2 Å². The smallest absolute Gasteiger partial charge is 0.240 e. The molecule has 4 saturated heterocycles. The summed E-state index contributed by atoms with van der Waals surface area (Å²) in [6, 6.07) is 2.14. The quantitative estimate of drug-likeness (QED) is 0.374. The number of hydrogen-bond acceptors (Lipinski definition) is 8. The molecule has 1 aliphatic carbocycles. The van der Waals surface area contributed by atoms with E-state index in [4.69, 9.17) is 4.74 Å². The summed E-state index contributed by atoms with van der Waals surface area (Å²) in [4.78, 5) is 46.5. The van der Waals surface area contributed by atoms with Crippen LogP contribution in [0.3, 0.4) is 0 Å². The summed E-state index contributed by atoms with van der Waals surface area (Å²) in [5.74, 6) is -2.25. The monoisotopic (exact) mass is 619 g/mol. The predicted molar refractivity (Wildman–Crippen MR) is 154 cm³/mol. The van der Waals surface area contributed by atoms with Crippen LogP contribution in [0.1, 0.15) is 50.5 Å². The van der Waals surface area contributed by atoms with Crippen LogP contribution in [0.2, 0.25) is 0 Å². The molecule has 0 aromatic heterocycles. The van der Waals surface area contributed by atoms with Crippen LogP contribution in [-0.2, 0) is 25.7 Å². The van der Waals surface area contributed by atoms with Crippen molar-refractivity contribution in [2.75, 3.05) is 39.3 Å². The van der Waals surface area contributed by atoms with Crippen molar-refractivity contribution in [1.82, 2.24) is 25.3 Å². The lowest BCUT2D eigenvalue weighted by atomic mass is 9.89. The van der Waals surface area contributed by atoms with Crippen molar-refractivity contribution in [3.63, 3.8) is 0 Å². The van der Waals surface area contributed by atoms with E-state index in [1.54, 1.807) is 4.90 Å². The highest BCUT2D eigenvalue weighted by Gasteiger charge is 2.46. The Balaban J connectivity index is 1.26. The lowest BCUT2D eigenvalue weighted by Gasteiger charge is -2.42. The summed E-state index contributed by atoms with van der Waals surface area (Å²) in [5, 5.41) is 27.1. The minimum atomic E-state index is -1.30. The van der Waals surface area contributed by atoms with Gasteiger partial charge >= 0.3 is 0 Å². The van der Waals surface area contributed by atoms with Gasteiger partial charge in [-0.2, -0.15) is 0 Å². The van der Waals surface area contributed by atoms with Crippen molar-refractivity contribution in [3.05, 3.63) is 35.4 Å². The van der Waals surface area contributed by atoms with Gasteiger partial charge in [-0.05, 0) is 42.9 Å². The molecule has 11 nitrogen and oxygen atoms in total. The predicted octanol–water partition coefficient (Wildman–Crippen LogP) is 0.126. The van der Waals surface area contributed by atoms with Crippen molar-refractivity contribution in [3.8, 4) is 0 Å². The van der Waals surface area contributed by atoms with Gasteiger partial charge in [-0.1, -0.05) is 25.3 Å². The molecule has 0 spiro atoms. The van der Waals surface area contributed by atoms with Crippen molar-refractivity contribution in [2.45, 2.75) is 94.0 Å². The summed E-state index contributed by atoms with van der Waals surface area (Å²) in [6.45, 7) is 2.14. The van der Waals surface area contributed by atoms with E-state index in [2.05, 4.69) is 15.5 Å². The molecule has 4 N–H and O–H groups in total. The van der Waals surface area contributed by atoms with Gasteiger partial charge in [0.1, 0.15) is 24.4 Å². The first-order valence-corrected chi connectivity index (χ1v) is 16.0. The van der Waals surface area contributed by atoms with Gasteiger partial charge in [0.15, 0.2) is 11.6 Å². The number of carbonyl (C=O) groups is 3. The second-order valence-corrected chi connectivity index (χ2v) is 13.1. The summed E-state index contributed by atoms with van der Waals surface area (Å²) in [7, 11) is 0. The number of hydrogen-bond donors (Lipinski definition) is 4. The normalized spacial score (nSPS) is 34.7. The number of rotatable bonds is 4. The fourth-order valence-electron chi connectivity index (χ4n) is 7.66. The van der Waals surface area contributed by atoms with Gasteiger partial charge in [0.25, 0.3) is 0 Å². The first-order valence-electron chi connectivity index (χ1n) is 16.0. The lowest BCUT2D eigenvalue weighted by Crippen LogP contribution is -2.62. The van der Waals surface area contributed by atoms with Crippen LogP contribution in [0, 0.1) is 17.6 Å². The number of aliphatic hydroxyl groups excluding tert-OH is 2. The van der Waals surface area contributed by atoms with E-state index in [1.165, 1.54) is 25.3 Å². The van der Waals surface area contributed by atoms with E-state index in [9.17, 15) is 33.4 Å². The first kappa shape index (κ1) is 31.3. The van der Waals surface area contributed by atoms with Crippen LogP contribution in [0.25, 0.3) is 0 Å².